The predicted octanol–water partition coefficient (Wildman–Crippen LogP) is 1.21. The lowest BCUT2D eigenvalue weighted by Crippen LogP contribution is -2.32. The SMILES string of the molecule is [O-][n+]1cc[n+]2cc3ccccc3cc2c1. The van der Waals surface area contributed by atoms with Crippen molar-refractivity contribution in [2.75, 3.05) is 0 Å². The van der Waals surface area contributed by atoms with Crippen LogP contribution in [-0.2, 0) is 0 Å². The Labute approximate surface area is 86.4 Å². The summed E-state index contributed by atoms with van der Waals surface area (Å²) < 4.78 is 2.75. The van der Waals surface area contributed by atoms with Crippen LogP contribution in [0.4, 0.5) is 0 Å². The summed E-state index contributed by atoms with van der Waals surface area (Å²) in [6.45, 7) is 0. The molecule has 0 aliphatic rings. The molecule has 0 aliphatic heterocycles. The quantitative estimate of drug-likeness (QED) is 0.303. The smallest absolute Gasteiger partial charge is 0.276 e. The number of benzene rings is 1. The van der Waals surface area contributed by atoms with Crippen LogP contribution in [0.3, 0.4) is 0 Å². The van der Waals surface area contributed by atoms with Gasteiger partial charge in [0.15, 0.2) is 6.20 Å². The van der Waals surface area contributed by atoms with E-state index in [0.717, 1.165) is 15.6 Å². The van der Waals surface area contributed by atoms with Crippen molar-refractivity contribution in [2.45, 2.75) is 0 Å². The summed E-state index contributed by atoms with van der Waals surface area (Å²) in [4.78, 5) is 0. The van der Waals surface area contributed by atoms with Crippen molar-refractivity contribution in [3.8, 4) is 0 Å². The van der Waals surface area contributed by atoms with Crippen LogP contribution in [0, 0.1) is 5.21 Å². The Bertz CT molecular complexity index is 649. The average Bonchev–Trinajstić information content (AvgIpc) is 2.26. The Hall–Kier alpha value is -2.16. The molecule has 3 nitrogen and oxygen atoms in total. The zero-order valence-corrected chi connectivity index (χ0v) is 8.00. The molecule has 0 atom stereocenters. The van der Waals surface area contributed by atoms with Crippen molar-refractivity contribution in [3.63, 3.8) is 0 Å². The minimum Gasteiger partial charge on any atom is -0.618 e. The van der Waals surface area contributed by atoms with Gasteiger partial charge < -0.3 is 5.21 Å². The monoisotopic (exact) mass is 197 g/mol. The fourth-order valence-corrected chi connectivity index (χ4v) is 1.76. The standard InChI is InChI=1S/C12H9N2O/c15-14-6-5-13-8-11-4-2-1-3-10(11)7-12(13)9-14/h1-9H/q+1. The Balaban J connectivity index is 2.47. The van der Waals surface area contributed by atoms with Crippen LogP contribution in [0.25, 0.3) is 16.3 Å². The minimum absolute atomic E-state index is 0.810. The first-order valence-electron chi connectivity index (χ1n) is 4.75. The van der Waals surface area contributed by atoms with Gasteiger partial charge in [0, 0.05) is 11.5 Å². The first-order valence-corrected chi connectivity index (χ1v) is 4.75. The number of aromatic nitrogens is 2. The fraction of sp³-hybridized carbons (Fsp3) is 0. The van der Waals surface area contributed by atoms with Crippen molar-refractivity contribution in [3.05, 3.63) is 60.3 Å². The van der Waals surface area contributed by atoms with E-state index in [9.17, 15) is 5.21 Å². The molecule has 0 amide bonds. The molecule has 3 heteroatoms. The van der Waals surface area contributed by atoms with Gasteiger partial charge in [-0.05, 0) is 11.5 Å². The van der Waals surface area contributed by atoms with Crippen LogP contribution in [0.2, 0.25) is 0 Å². The van der Waals surface area contributed by atoms with E-state index in [1.54, 1.807) is 12.4 Å². The second-order valence-electron chi connectivity index (χ2n) is 3.52. The zero-order chi connectivity index (χ0) is 10.3. The van der Waals surface area contributed by atoms with Gasteiger partial charge in [-0.15, -0.1) is 0 Å². The van der Waals surface area contributed by atoms with E-state index in [0.29, 0.717) is 0 Å². The zero-order valence-electron chi connectivity index (χ0n) is 8.00. The van der Waals surface area contributed by atoms with E-state index >= 15 is 0 Å². The highest BCUT2D eigenvalue weighted by Gasteiger charge is 2.07. The fourth-order valence-electron chi connectivity index (χ4n) is 1.76. The molecule has 0 unspecified atom stereocenters. The Kier molecular flexibility index (Phi) is 1.59. The molecule has 0 aliphatic carbocycles. The maximum absolute atomic E-state index is 11.1. The first kappa shape index (κ1) is 8.17. The van der Waals surface area contributed by atoms with Crippen LogP contribution in [0.15, 0.2) is 55.1 Å². The molecule has 1 aromatic carbocycles. The first-order chi connectivity index (χ1) is 7.33. The lowest BCUT2D eigenvalue weighted by Gasteiger charge is -1.96. The summed E-state index contributed by atoms with van der Waals surface area (Å²) in [6.07, 6.45) is 6.83. The largest absolute Gasteiger partial charge is 0.618 e. The summed E-state index contributed by atoms with van der Waals surface area (Å²) in [5, 5.41) is 13.4. The molecule has 72 valence electrons. The number of hydrogen-bond donors (Lipinski definition) is 0. The number of nitrogens with zero attached hydrogens (tertiary/aromatic N) is 2. The second kappa shape index (κ2) is 2.92. The second-order valence-corrected chi connectivity index (χ2v) is 3.52. The molecule has 15 heavy (non-hydrogen) atoms. The van der Waals surface area contributed by atoms with Crippen molar-refractivity contribution >= 4 is 16.3 Å². The van der Waals surface area contributed by atoms with E-state index in [4.69, 9.17) is 0 Å². The highest BCUT2D eigenvalue weighted by atomic mass is 16.5. The number of fused-ring (bicyclic) bond motifs is 2. The van der Waals surface area contributed by atoms with E-state index in [1.807, 2.05) is 34.9 Å². The van der Waals surface area contributed by atoms with Crippen LogP contribution in [0.5, 0.6) is 0 Å². The van der Waals surface area contributed by atoms with Gasteiger partial charge in [0.05, 0.1) is 0 Å². The molecular formula is C12H9N2O+. The molecular weight excluding hydrogens is 188 g/mol. The van der Waals surface area contributed by atoms with Crippen molar-refractivity contribution in [2.24, 2.45) is 0 Å². The average molecular weight is 197 g/mol. The van der Waals surface area contributed by atoms with E-state index in [1.165, 1.54) is 11.6 Å². The lowest BCUT2D eigenvalue weighted by molar-refractivity contribution is -0.630. The van der Waals surface area contributed by atoms with Gasteiger partial charge in [-0.2, -0.15) is 9.13 Å². The van der Waals surface area contributed by atoms with Crippen LogP contribution in [0.1, 0.15) is 0 Å². The Morgan fingerprint density at radius 1 is 0.933 bits per heavy atom. The van der Waals surface area contributed by atoms with Crippen LogP contribution >= 0.6 is 0 Å². The van der Waals surface area contributed by atoms with Gasteiger partial charge in [-0.25, -0.2) is 0 Å². The molecule has 3 rings (SSSR count). The maximum atomic E-state index is 11.1. The summed E-state index contributed by atoms with van der Waals surface area (Å²) >= 11 is 0. The minimum atomic E-state index is 0.810. The van der Waals surface area contributed by atoms with Gasteiger partial charge in [-0.1, -0.05) is 18.2 Å². The molecule has 0 spiro atoms. The predicted molar refractivity (Wildman–Crippen MR) is 56.1 cm³/mol. The van der Waals surface area contributed by atoms with E-state index < -0.39 is 0 Å². The number of pyridine rings is 1. The molecule has 2 heterocycles. The molecule has 0 radical (unpaired) electrons. The van der Waals surface area contributed by atoms with Crippen LogP contribution in [-0.4, -0.2) is 0 Å². The lowest BCUT2D eigenvalue weighted by atomic mass is 10.2. The maximum Gasteiger partial charge on any atom is 0.276 e. The molecule has 2 aromatic heterocycles. The summed E-state index contributed by atoms with van der Waals surface area (Å²) in [6, 6.07) is 10.1. The third kappa shape index (κ3) is 1.29. The third-order valence-corrected chi connectivity index (χ3v) is 2.51. The van der Waals surface area contributed by atoms with Crippen molar-refractivity contribution < 1.29 is 9.13 Å². The topological polar surface area (TPSA) is 31.0 Å². The van der Waals surface area contributed by atoms with Crippen LogP contribution < -0.4 is 9.13 Å². The Morgan fingerprint density at radius 2 is 1.73 bits per heavy atom. The summed E-state index contributed by atoms with van der Waals surface area (Å²) in [7, 11) is 0. The van der Waals surface area contributed by atoms with Crippen molar-refractivity contribution in [1.29, 1.82) is 0 Å². The van der Waals surface area contributed by atoms with Gasteiger partial charge in [0.2, 0.25) is 12.4 Å². The summed E-state index contributed by atoms with van der Waals surface area (Å²) in [5.74, 6) is 0. The summed E-state index contributed by atoms with van der Waals surface area (Å²) in [5.41, 5.74) is 0.895. The Morgan fingerprint density at radius 3 is 2.60 bits per heavy atom. The molecule has 0 N–H and O–H groups in total. The molecule has 3 aromatic rings. The molecule has 0 saturated heterocycles. The number of rotatable bonds is 0. The highest BCUT2D eigenvalue weighted by Crippen LogP contribution is 2.11. The van der Waals surface area contributed by atoms with Gasteiger partial charge in [-0.3, -0.25) is 0 Å². The number of hydrogen-bond acceptors (Lipinski definition) is 1. The van der Waals surface area contributed by atoms with E-state index in [-0.39, 0.29) is 0 Å². The third-order valence-electron chi connectivity index (χ3n) is 2.51. The van der Waals surface area contributed by atoms with Gasteiger partial charge in [0.25, 0.3) is 11.7 Å². The van der Waals surface area contributed by atoms with Gasteiger partial charge in [0.1, 0.15) is 0 Å². The normalized spacial score (nSPS) is 10.9. The highest BCUT2D eigenvalue weighted by molar-refractivity contribution is 5.83. The van der Waals surface area contributed by atoms with Crippen molar-refractivity contribution in [1.82, 2.24) is 0 Å². The molecule has 0 bridgehead atoms. The molecule has 0 saturated carbocycles. The molecule has 0 fully saturated rings. The van der Waals surface area contributed by atoms with Gasteiger partial charge >= 0.3 is 0 Å². The van der Waals surface area contributed by atoms with E-state index in [2.05, 4.69) is 6.07 Å².